The Balaban J connectivity index is 1.59. The highest BCUT2D eigenvalue weighted by Crippen LogP contribution is 2.36. The van der Waals surface area contributed by atoms with Gasteiger partial charge in [-0.25, -0.2) is 0 Å². The van der Waals surface area contributed by atoms with Crippen LogP contribution in [0.1, 0.15) is 31.7 Å². The fourth-order valence-electron chi connectivity index (χ4n) is 3.05. The van der Waals surface area contributed by atoms with Crippen molar-refractivity contribution < 1.29 is 14.3 Å². The molecule has 0 fully saturated rings. The van der Waals surface area contributed by atoms with Crippen LogP contribution in [0.25, 0.3) is 0 Å². The molecule has 7 heteroatoms. The zero-order chi connectivity index (χ0) is 20.1. The van der Waals surface area contributed by atoms with Crippen LogP contribution in [0.3, 0.4) is 0 Å². The smallest absolute Gasteiger partial charge is 0.227 e. The molecule has 0 saturated heterocycles. The molecule has 1 heterocycles. The molecule has 0 radical (unpaired) electrons. The Kier molecular flexibility index (Phi) is 6.81. The average molecular weight is 421 g/mol. The van der Waals surface area contributed by atoms with Gasteiger partial charge >= 0.3 is 0 Å². The lowest BCUT2D eigenvalue weighted by Gasteiger charge is -2.34. The van der Waals surface area contributed by atoms with Crippen LogP contribution in [0.5, 0.6) is 5.75 Å². The minimum Gasteiger partial charge on any atom is -0.486 e. The fourth-order valence-corrected chi connectivity index (χ4v) is 3.42. The SMILES string of the molecule is CC[C@@H]1CN(C(=O)CCC(=O)NCc2ccccc2Cl)c2cc(Cl)ccc2O1. The Morgan fingerprint density at radius 1 is 1.18 bits per heavy atom. The van der Waals surface area contributed by atoms with E-state index in [2.05, 4.69) is 5.32 Å². The zero-order valence-electron chi connectivity index (χ0n) is 15.6. The molecule has 0 unspecified atom stereocenters. The number of ether oxygens (including phenoxy) is 1. The third kappa shape index (κ3) is 4.97. The molecule has 2 amide bonds. The largest absolute Gasteiger partial charge is 0.486 e. The number of rotatable bonds is 6. The van der Waals surface area contributed by atoms with Crippen molar-refractivity contribution >= 4 is 40.7 Å². The number of halogens is 2. The van der Waals surface area contributed by atoms with E-state index >= 15 is 0 Å². The number of benzene rings is 2. The van der Waals surface area contributed by atoms with Gasteiger partial charge in [-0.15, -0.1) is 0 Å². The Labute approximate surface area is 174 Å². The summed E-state index contributed by atoms with van der Waals surface area (Å²) in [7, 11) is 0. The molecule has 2 aromatic rings. The molecule has 1 aliphatic rings. The highest BCUT2D eigenvalue weighted by atomic mass is 35.5. The summed E-state index contributed by atoms with van der Waals surface area (Å²) in [4.78, 5) is 26.6. The molecule has 5 nitrogen and oxygen atoms in total. The molecule has 0 aromatic heterocycles. The van der Waals surface area contributed by atoms with Crippen LogP contribution in [0.2, 0.25) is 10.0 Å². The first-order chi connectivity index (χ1) is 13.5. The van der Waals surface area contributed by atoms with Gasteiger partial charge in [0.15, 0.2) is 0 Å². The van der Waals surface area contributed by atoms with Crippen LogP contribution < -0.4 is 15.0 Å². The van der Waals surface area contributed by atoms with E-state index in [1.54, 1.807) is 29.2 Å². The second kappa shape index (κ2) is 9.30. The maximum atomic E-state index is 12.8. The van der Waals surface area contributed by atoms with Crippen LogP contribution in [0, 0.1) is 0 Å². The topological polar surface area (TPSA) is 58.6 Å². The van der Waals surface area contributed by atoms with E-state index in [1.165, 1.54) is 0 Å². The molecule has 0 spiro atoms. The Morgan fingerprint density at radius 3 is 2.71 bits per heavy atom. The average Bonchev–Trinajstić information content (AvgIpc) is 2.70. The zero-order valence-corrected chi connectivity index (χ0v) is 17.1. The number of hydrogen-bond donors (Lipinski definition) is 1. The minimum atomic E-state index is -0.195. The predicted octanol–water partition coefficient (Wildman–Crippen LogP) is 4.59. The van der Waals surface area contributed by atoms with E-state index in [1.807, 2.05) is 25.1 Å². The first-order valence-corrected chi connectivity index (χ1v) is 10.00. The van der Waals surface area contributed by atoms with Crippen molar-refractivity contribution in [2.24, 2.45) is 0 Å². The maximum absolute atomic E-state index is 12.8. The van der Waals surface area contributed by atoms with Gasteiger partial charge < -0.3 is 15.0 Å². The second-order valence-corrected chi connectivity index (χ2v) is 7.48. The molecule has 1 atom stereocenters. The Morgan fingerprint density at radius 2 is 1.96 bits per heavy atom. The molecule has 1 aliphatic heterocycles. The monoisotopic (exact) mass is 420 g/mol. The lowest BCUT2D eigenvalue weighted by atomic mass is 10.1. The first-order valence-electron chi connectivity index (χ1n) is 9.24. The van der Waals surface area contributed by atoms with E-state index in [-0.39, 0.29) is 30.8 Å². The standard InChI is InChI=1S/C21H22Cl2N2O3/c1-2-16-13-25(18-11-15(22)7-8-19(18)28-16)21(27)10-9-20(26)24-12-14-5-3-4-6-17(14)23/h3-8,11,16H,2,9-10,12-13H2,1H3,(H,24,26)/t16-/m1/s1. The Bertz CT molecular complexity index is 872. The van der Waals surface area contributed by atoms with Crippen LogP contribution in [0.15, 0.2) is 42.5 Å². The quantitative estimate of drug-likeness (QED) is 0.742. The fraction of sp³-hybridized carbons (Fsp3) is 0.333. The number of fused-ring (bicyclic) bond motifs is 1. The summed E-state index contributed by atoms with van der Waals surface area (Å²) < 4.78 is 5.90. The number of anilines is 1. The second-order valence-electron chi connectivity index (χ2n) is 6.63. The molecule has 0 aliphatic carbocycles. The summed E-state index contributed by atoms with van der Waals surface area (Å²) in [6.07, 6.45) is 0.917. The summed E-state index contributed by atoms with van der Waals surface area (Å²) >= 11 is 12.2. The minimum absolute atomic E-state index is 0.0772. The van der Waals surface area contributed by atoms with Gasteiger partial charge in [-0.05, 0) is 36.2 Å². The van der Waals surface area contributed by atoms with Crippen LogP contribution in [-0.4, -0.2) is 24.5 Å². The highest BCUT2D eigenvalue weighted by Gasteiger charge is 2.29. The van der Waals surface area contributed by atoms with E-state index in [0.29, 0.717) is 34.6 Å². The van der Waals surface area contributed by atoms with E-state index in [4.69, 9.17) is 27.9 Å². The summed E-state index contributed by atoms with van der Waals surface area (Å²) in [6.45, 7) is 2.79. The van der Waals surface area contributed by atoms with Crippen LogP contribution in [-0.2, 0) is 16.1 Å². The number of carbonyl (C=O) groups excluding carboxylic acids is 2. The predicted molar refractivity (Wildman–Crippen MR) is 111 cm³/mol. The lowest BCUT2D eigenvalue weighted by Crippen LogP contribution is -2.43. The molecule has 0 bridgehead atoms. The van der Waals surface area contributed by atoms with Gasteiger partial charge in [0.1, 0.15) is 11.9 Å². The molecular formula is C21H22Cl2N2O3. The molecular weight excluding hydrogens is 399 g/mol. The molecule has 1 N–H and O–H groups in total. The summed E-state index contributed by atoms with van der Waals surface area (Å²) in [5.74, 6) is 0.317. The van der Waals surface area contributed by atoms with Crippen molar-refractivity contribution in [1.82, 2.24) is 5.32 Å². The number of nitrogens with one attached hydrogen (secondary N) is 1. The number of nitrogens with zero attached hydrogens (tertiary/aromatic N) is 1. The van der Waals surface area contributed by atoms with Gasteiger partial charge in [-0.3, -0.25) is 9.59 Å². The molecule has 28 heavy (non-hydrogen) atoms. The van der Waals surface area contributed by atoms with Crippen molar-refractivity contribution in [2.75, 3.05) is 11.4 Å². The highest BCUT2D eigenvalue weighted by molar-refractivity contribution is 6.31. The molecule has 0 saturated carbocycles. The van der Waals surface area contributed by atoms with Crippen molar-refractivity contribution in [3.63, 3.8) is 0 Å². The van der Waals surface area contributed by atoms with Gasteiger partial charge in [0.2, 0.25) is 11.8 Å². The maximum Gasteiger partial charge on any atom is 0.227 e. The summed E-state index contributed by atoms with van der Waals surface area (Å²) in [5, 5.41) is 3.94. The van der Waals surface area contributed by atoms with E-state index < -0.39 is 0 Å². The first kappa shape index (κ1) is 20.5. The number of amides is 2. The van der Waals surface area contributed by atoms with Gasteiger partial charge in [0, 0.05) is 29.4 Å². The molecule has 3 rings (SSSR count). The van der Waals surface area contributed by atoms with E-state index in [9.17, 15) is 9.59 Å². The number of carbonyl (C=O) groups is 2. The normalized spacial score (nSPS) is 15.5. The van der Waals surface area contributed by atoms with Gasteiger partial charge in [-0.1, -0.05) is 48.3 Å². The van der Waals surface area contributed by atoms with Crippen LogP contribution >= 0.6 is 23.2 Å². The van der Waals surface area contributed by atoms with Gasteiger partial charge in [0.05, 0.1) is 12.2 Å². The van der Waals surface area contributed by atoms with E-state index in [0.717, 1.165) is 12.0 Å². The summed E-state index contributed by atoms with van der Waals surface area (Å²) in [5.41, 5.74) is 1.49. The number of hydrogen-bond acceptors (Lipinski definition) is 3. The van der Waals surface area contributed by atoms with Gasteiger partial charge in [0.25, 0.3) is 0 Å². The van der Waals surface area contributed by atoms with Gasteiger partial charge in [-0.2, -0.15) is 0 Å². The molecule has 148 valence electrons. The van der Waals surface area contributed by atoms with Crippen molar-refractivity contribution in [3.05, 3.63) is 58.1 Å². The molecule has 2 aromatic carbocycles. The summed E-state index contributed by atoms with van der Waals surface area (Å²) in [6, 6.07) is 12.6. The Hall–Kier alpha value is -2.24. The van der Waals surface area contributed by atoms with Crippen LogP contribution in [0.4, 0.5) is 5.69 Å². The lowest BCUT2D eigenvalue weighted by molar-refractivity contribution is -0.125. The van der Waals surface area contributed by atoms with Crippen molar-refractivity contribution in [2.45, 2.75) is 38.8 Å². The third-order valence-corrected chi connectivity index (χ3v) is 5.25. The van der Waals surface area contributed by atoms with Crippen molar-refractivity contribution in [3.8, 4) is 5.75 Å². The van der Waals surface area contributed by atoms with Crippen molar-refractivity contribution in [1.29, 1.82) is 0 Å². The third-order valence-electron chi connectivity index (χ3n) is 4.65.